The fourth-order valence-corrected chi connectivity index (χ4v) is 12.9. The molecule has 7 aliphatic heterocycles. The van der Waals surface area contributed by atoms with Gasteiger partial charge in [-0.05, 0) is 92.1 Å². The van der Waals surface area contributed by atoms with Crippen LogP contribution in [0.2, 0.25) is 0 Å². The van der Waals surface area contributed by atoms with Crippen molar-refractivity contribution >= 4 is 0 Å². The Bertz CT molecular complexity index is 3330. The summed E-state index contributed by atoms with van der Waals surface area (Å²) in [7, 11) is 0. The lowest BCUT2D eigenvalue weighted by molar-refractivity contribution is -0.0334. The van der Waals surface area contributed by atoms with Gasteiger partial charge >= 0.3 is 0 Å². The summed E-state index contributed by atoms with van der Waals surface area (Å²) in [5, 5.41) is 3.26. The fraction of sp³-hybridized carbons (Fsp3) is 0.670. The number of hydrogen-bond donors (Lipinski definition) is 1. The lowest BCUT2D eigenvalue weighted by Gasteiger charge is -2.15. The van der Waals surface area contributed by atoms with Gasteiger partial charge in [-0.25, -0.2) is 0 Å². The Hall–Kier alpha value is -8.24. The topological polar surface area (TPSA) is 381 Å². The Labute approximate surface area is 886 Å². The van der Waals surface area contributed by atoms with E-state index in [1.807, 2.05) is 146 Å². The fourth-order valence-electron chi connectivity index (χ4n) is 12.9. The molecule has 0 radical (unpaired) electrons. The number of fused-ring (bicyclic) bond motifs is 6. The molecule has 6 aromatic rings. The van der Waals surface area contributed by atoms with E-state index < -0.39 is 0 Å². The Morgan fingerprint density at radius 2 is 0.180 bits per heavy atom. The minimum atomic E-state index is 0.425. The highest BCUT2D eigenvalue weighted by atomic mass is 16.6. The Morgan fingerprint density at radius 1 is 0.0933 bits per heavy atom. The van der Waals surface area contributed by atoms with E-state index in [1.54, 1.807) is 0 Å². The molecule has 0 aromatic heterocycles. The summed E-state index contributed by atoms with van der Waals surface area (Å²) in [5.74, 6) is 8.29. The maximum atomic E-state index is 5.78. The number of rotatable bonds is 0. The van der Waals surface area contributed by atoms with Gasteiger partial charge in [-0.1, -0.05) is 72.8 Å². The van der Waals surface area contributed by atoms with E-state index in [1.165, 1.54) is 0 Å². The van der Waals surface area contributed by atoms with Crippen molar-refractivity contribution in [2.45, 2.75) is 19.3 Å². The molecule has 0 amide bonds. The van der Waals surface area contributed by atoms with E-state index in [4.69, 9.17) is 189 Å². The van der Waals surface area contributed by atoms with Crippen molar-refractivity contribution in [2.75, 3.05) is 462 Å². The van der Waals surface area contributed by atoms with Gasteiger partial charge in [0, 0.05) is 26.3 Å². The number of hydrogen-bond acceptors (Lipinski definition) is 41. The van der Waals surface area contributed by atoms with Gasteiger partial charge in [0.15, 0.2) is 69.0 Å². The molecule has 0 bridgehead atoms. The van der Waals surface area contributed by atoms with Crippen LogP contribution in [0.1, 0.15) is 19.3 Å². The molecule has 13 rings (SSSR count). The maximum Gasteiger partial charge on any atom is 0.161 e. The van der Waals surface area contributed by atoms with Crippen LogP contribution in [0.25, 0.3) is 0 Å². The quantitative estimate of drug-likeness (QED) is 0.148. The minimum absolute atomic E-state index is 0.425. The summed E-state index contributed by atoms with van der Waals surface area (Å²) in [4.78, 5) is 0. The summed E-state index contributed by atoms with van der Waals surface area (Å²) < 4.78 is 220. The summed E-state index contributed by atoms with van der Waals surface area (Å²) in [5.41, 5.74) is 0. The van der Waals surface area contributed by atoms with Gasteiger partial charge in [0.2, 0.25) is 0 Å². The molecular weight excluding hydrogens is 1960 g/mol. The third kappa shape index (κ3) is 74.7. The first-order valence-electron chi connectivity index (χ1n) is 52.8. The predicted octanol–water partition coefficient (Wildman–Crippen LogP) is 9.97. The molecule has 4 saturated heterocycles. The molecule has 0 saturated carbocycles. The van der Waals surface area contributed by atoms with E-state index in [9.17, 15) is 0 Å². The van der Waals surface area contributed by atoms with Gasteiger partial charge < -0.3 is 195 Å². The Balaban J connectivity index is 0.000000242. The molecule has 4 fully saturated rings. The van der Waals surface area contributed by atoms with Crippen LogP contribution >= 0.6 is 0 Å². The second kappa shape index (κ2) is 100. The third-order valence-corrected chi connectivity index (χ3v) is 20.3. The van der Waals surface area contributed by atoms with Crippen molar-refractivity contribution in [1.29, 1.82) is 0 Å². The lowest BCUT2D eigenvalue weighted by Crippen LogP contribution is -2.25. The Morgan fingerprint density at radius 3 is 0.287 bits per heavy atom. The van der Waals surface area contributed by atoms with Crippen LogP contribution in [0.5, 0.6) is 69.0 Å². The molecule has 41 heteroatoms. The maximum absolute atomic E-state index is 5.78. The summed E-state index contributed by atoms with van der Waals surface area (Å²) >= 11 is 0. The molecule has 6 aromatic carbocycles. The second-order valence-electron chi connectivity index (χ2n) is 31.8. The molecule has 7 heterocycles. The monoisotopic (exact) mass is 2130 g/mol. The molecule has 1 N–H and O–H groups in total. The standard InChI is InChI=1S/C24H32O8.C22H28O7.C20H24O6.C13H27NO4.C12H24O6.C10H20O5.C8H16O4/c1-2-6-22-21(5-1)29-17-13-25-9-10-27-15-19-31-23-7-3-4-8-24(23)32-20-16-28-12-11-26-14-18-30-22;1-3-7-21-19(5-1)26-15-11-23-9-10-24-12-16-27-20-6-2-4-8-22(20)29-18-14-25-13-17-28-21;1-2-6-18-17(5-1)23-13-9-21-11-15-25-19-7-3-4-8-20(19)26-16-12-22-10-14-24-18;1-2-6-15-10-12-17-8-4-14-5-9-18-13-11-16-7-3-1;1-2-14-5-6-16-9-10-18-12-11-17-8-7-15-4-3-13-1;1-2-12-5-6-14-9-10-15-8-7-13-4-3-11-1;1-2-10-5-6-12-8-7-11-4-3-9-1/h1-8H,9-20H2;1-8H,9-18H2;1-8H,9-16H2;14H,1-13H2;1-12H2;1-10H2;1-8H2. The van der Waals surface area contributed by atoms with E-state index in [0.717, 1.165) is 58.8 Å². The number of nitrogens with one attached hydrogen (secondary N) is 1. The van der Waals surface area contributed by atoms with Crippen LogP contribution in [0, 0.1) is 0 Å². The first kappa shape index (κ1) is 129. The van der Waals surface area contributed by atoms with E-state index in [2.05, 4.69) is 5.32 Å². The van der Waals surface area contributed by atoms with Crippen LogP contribution in [0.15, 0.2) is 146 Å². The van der Waals surface area contributed by atoms with Crippen molar-refractivity contribution in [1.82, 2.24) is 5.32 Å². The van der Waals surface area contributed by atoms with Gasteiger partial charge in [-0.2, -0.15) is 0 Å². The third-order valence-electron chi connectivity index (χ3n) is 20.3. The van der Waals surface area contributed by atoms with Gasteiger partial charge in [-0.3, -0.25) is 0 Å². The molecule has 0 aliphatic carbocycles. The first-order chi connectivity index (χ1) is 74.8. The second-order valence-corrected chi connectivity index (χ2v) is 31.8. The predicted molar refractivity (Wildman–Crippen MR) is 554 cm³/mol. The highest BCUT2D eigenvalue weighted by Crippen LogP contribution is 2.32. The van der Waals surface area contributed by atoms with Crippen molar-refractivity contribution in [3.05, 3.63) is 146 Å². The zero-order chi connectivity index (χ0) is 105. The normalized spacial score (nSPS) is 20.3. The van der Waals surface area contributed by atoms with Gasteiger partial charge in [0.05, 0.1) is 357 Å². The molecule has 0 unspecified atom stereocenters. The number of benzene rings is 6. The van der Waals surface area contributed by atoms with Crippen LogP contribution < -0.4 is 62.2 Å². The van der Waals surface area contributed by atoms with Gasteiger partial charge in [0.1, 0.15) is 79.3 Å². The van der Waals surface area contributed by atoms with Crippen LogP contribution in [0.3, 0.4) is 0 Å². The number of ether oxygens (including phenoxy) is 40. The Kier molecular flexibility index (Phi) is 85.8. The van der Waals surface area contributed by atoms with E-state index in [-0.39, 0.29) is 0 Å². The molecule has 0 spiro atoms. The smallest absolute Gasteiger partial charge is 0.161 e. The zero-order valence-electron chi connectivity index (χ0n) is 88.3. The largest absolute Gasteiger partial charge is 0.487 e. The van der Waals surface area contributed by atoms with E-state index >= 15 is 0 Å². The highest BCUT2D eigenvalue weighted by Gasteiger charge is 2.15. The van der Waals surface area contributed by atoms with Crippen molar-refractivity contribution in [3.63, 3.8) is 0 Å². The highest BCUT2D eigenvalue weighted by molar-refractivity contribution is 5.43. The van der Waals surface area contributed by atoms with Crippen molar-refractivity contribution in [2.24, 2.45) is 0 Å². The molecule has 0 atom stereocenters. The molecule has 7 aliphatic rings. The van der Waals surface area contributed by atoms with Gasteiger partial charge in [0.25, 0.3) is 0 Å². The summed E-state index contributed by atoms with van der Waals surface area (Å²) in [6.45, 7) is 39.6. The zero-order valence-corrected chi connectivity index (χ0v) is 88.3. The van der Waals surface area contributed by atoms with Gasteiger partial charge in [-0.15, -0.1) is 0 Å². The molecule has 852 valence electrons. The van der Waals surface area contributed by atoms with Crippen molar-refractivity contribution < 1.29 is 189 Å². The van der Waals surface area contributed by atoms with Crippen LogP contribution in [-0.2, 0) is 133 Å². The average molecular weight is 2140 g/mol. The molecular formula is C109H171NO40. The van der Waals surface area contributed by atoms with E-state index in [0.29, 0.717) is 492 Å². The van der Waals surface area contributed by atoms with Crippen LogP contribution in [-0.4, -0.2) is 462 Å². The first-order valence-corrected chi connectivity index (χ1v) is 52.8. The molecule has 150 heavy (non-hydrogen) atoms. The summed E-state index contributed by atoms with van der Waals surface area (Å²) in [6.07, 6.45) is 3.36. The van der Waals surface area contributed by atoms with Crippen LogP contribution in [0.4, 0.5) is 0 Å². The molecule has 41 nitrogen and oxygen atoms in total. The average Bonchev–Trinajstić information content (AvgIpc) is 0.980. The SMILES string of the molecule is C1CCOCCOCCNCCOCCOCC1.C1COCCOCCOCCO1.C1COCCOCCOCCOCCO1.C1COCCOCCOCCOCCOCCO1.c1ccc2c(c1)OCCOCCOCCOc1ccccc1OCCOCCO2.c1ccc2c(c1)OCCOCCOCCOc1ccccc1OCCOCCOCCO2.c1ccc2c(c1)OCCOCCOc1ccccc1OCCOCCO2. The van der Waals surface area contributed by atoms with Crippen molar-refractivity contribution in [3.8, 4) is 69.0 Å². The number of para-hydroxylation sites is 12. The summed E-state index contributed by atoms with van der Waals surface area (Å²) in [6, 6.07) is 45.4. The minimum Gasteiger partial charge on any atom is -0.487 e. The lowest BCUT2D eigenvalue weighted by atomic mass is 10.2.